The average Bonchev–Trinajstić information content (AvgIpc) is 2.99. The predicted octanol–water partition coefficient (Wildman–Crippen LogP) is 2.04. The second kappa shape index (κ2) is 5.56. The van der Waals surface area contributed by atoms with Crippen molar-refractivity contribution in [3.8, 4) is 0 Å². The van der Waals surface area contributed by atoms with E-state index in [0.717, 1.165) is 11.3 Å². The van der Waals surface area contributed by atoms with Crippen LogP contribution in [0.4, 0.5) is 0 Å². The van der Waals surface area contributed by atoms with Crippen molar-refractivity contribution in [3.05, 3.63) is 47.2 Å². The van der Waals surface area contributed by atoms with Crippen molar-refractivity contribution in [1.82, 2.24) is 15.1 Å². The minimum Gasteiger partial charge on any atom is -0.465 e. The molecule has 100 valence electrons. The van der Waals surface area contributed by atoms with E-state index in [1.54, 1.807) is 36.2 Å². The molecule has 0 saturated heterocycles. The highest BCUT2D eigenvalue weighted by atomic mass is 16.3. The molecule has 19 heavy (non-hydrogen) atoms. The first kappa shape index (κ1) is 13.1. The van der Waals surface area contributed by atoms with Crippen LogP contribution in [-0.4, -0.2) is 15.7 Å². The summed E-state index contributed by atoms with van der Waals surface area (Å²) in [6.07, 6.45) is 5.06. The van der Waals surface area contributed by atoms with Crippen LogP contribution in [0.1, 0.15) is 23.9 Å². The molecule has 0 aliphatic rings. The number of hydrogen-bond acceptors (Lipinski definition) is 3. The fraction of sp³-hybridized carbons (Fsp3) is 0.286. The van der Waals surface area contributed by atoms with E-state index in [9.17, 15) is 4.79 Å². The summed E-state index contributed by atoms with van der Waals surface area (Å²) in [5.41, 5.74) is 2.67. The van der Waals surface area contributed by atoms with E-state index in [1.165, 1.54) is 0 Å². The predicted molar refractivity (Wildman–Crippen MR) is 72.2 cm³/mol. The maximum Gasteiger partial charge on any atom is 0.247 e. The number of aromatic nitrogens is 2. The standard InChI is InChI=1S/C14H17N3O2/c1-10(7-13-5-4-6-19-13)14(18)15-8-12-9-16-17(3)11(12)2/h4-7,9H,8H2,1-3H3,(H,15,18)/b10-7+. The summed E-state index contributed by atoms with van der Waals surface area (Å²) in [6, 6.07) is 3.60. The first-order valence-electron chi connectivity index (χ1n) is 6.05. The summed E-state index contributed by atoms with van der Waals surface area (Å²) in [5, 5.41) is 7.00. The van der Waals surface area contributed by atoms with E-state index >= 15 is 0 Å². The highest BCUT2D eigenvalue weighted by Gasteiger charge is 2.08. The maximum absolute atomic E-state index is 11.9. The van der Waals surface area contributed by atoms with Crippen molar-refractivity contribution in [2.75, 3.05) is 0 Å². The van der Waals surface area contributed by atoms with Gasteiger partial charge in [0.15, 0.2) is 0 Å². The van der Waals surface area contributed by atoms with Gasteiger partial charge in [-0.2, -0.15) is 5.10 Å². The molecular weight excluding hydrogens is 242 g/mol. The minimum atomic E-state index is -0.111. The van der Waals surface area contributed by atoms with E-state index in [4.69, 9.17) is 4.42 Å². The quantitative estimate of drug-likeness (QED) is 0.855. The Balaban J connectivity index is 1.96. The van der Waals surface area contributed by atoms with Crippen molar-refractivity contribution < 1.29 is 9.21 Å². The fourth-order valence-corrected chi connectivity index (χ4v) is 1.68. The molecule has 5 nitrogen and oxygen atoms in total. The molecule has 0 spiro atoms. The summed E-state index contributed by atoms with van der Waals surface area (Å²) in [5.74, 6) is 0.560. The van der Waals surface area contributed by atoms with Gasteiger partial charge in [-0.05, 0) is 32.1 Å². The Hall–Kier alpha value is -2.30. The zero-order chi connectivity index (χ0) is 13.8. The van der Waals surface area contributed by atoms with Gasteiger partial charge < -0.3 is 9.73 Å². The first-order valence-corrected chi connectivity index (χ1v) is 6.05. The maximum atomic E-state index is 11.9. The molecule has 0 bridgehead atoms. The highest BCUT2D eigenvalue weighted by Crippen LogP contribution is 2.08. The van der Waals surface area contributed by atoms with E-state index in [0.29, 0.717) is 17.9 Å². The SMILES string of the molecule is C/C(=C\c1ccco1)C(=O)NCc1cnn(C)c1C. The molecule has 0 unspecified atom stereocenters. The number of aryl methyl sites for hydroxylation is 1. The molecule has 5 heteroatoms. The number of furan rings is 1. The van der Waals surface area contributed by atoms with Crippen LogP contribution in [0.25, 0.3) is 6.08 Å². The van der Waals surface area contributed by atoms with Gasteiger partial charge in [0.25, 0.3) is 0 Å². The zero-order valence-corrected chi connectivity index (χ0v) is 11.3. The van der Waals surface area contributed by atoms with Gasteiger partial charge in [0.05, 0.1) is 12.5 Å². The molecule has 0 aromatic carbocycles. The number of hydrogen-bond donors (Lipinski definition) is 1. The molecule has 1 amide bonds. The van der Waals surface area contributed by atoms with E-state index in [2.05, 4.69) is 10.4 Å². The minimum absolute atomic E-state index is 0.111. The van der Waals surface area contributed by atoms with Crippen LogP contribution < -0.4 is 5.32 Å². The molecule has 0 atom stereocenters. The molecule has 0 aliphatic heterocycles. The lowest BCUT2D eigenvalue weighted by molar-refractivity contribution is -0.117. The van der Waals surface area contributed by atoms with E-state index in [1.807, 2.05) is 20.0 Å². The van der Waals surface area contributed by atoms with Gasteiger partial charge >= 0.3 is 0 Å². The summed E-state index contributed by atoms with van der Waals surface area (Å²) >= 11 is 0. The van der Waals surface area contributed by atoms with Crippen molar-refractivity contribution in [2.24, 2.45) is 7.05 Å². The summed E-state index contributed by atoms with van der Waals surface area (Å²) in [6.45, 7) is 4.20. The fourth-order valence-electron chi connectivity index (χ4n) is 1.68. The summed E-state index contributed by atoms with van der Waals surface area (Å²) in [4.78, 5) is 11.9. The summed E-state index contributed by atoms with van der Waals surface area (Å²) < 4.78 is 6.95. The Morgan fingerprint density at radius 3 is 2.95 bits per heavy atom. The Kier molecular flexibility index (Phi) is 3.85. The van der Waals surface area contributed by atoms with Crippen LogP contribution in [0.3, 0.4) is 0 Å². The molecule has 0 fully saturated rings. The van der Waals surface area contributed by atoms with Crippen LogP contribution in [0.15, 0.2) is 34.6 Å². The van der Waals surface area contributed by atoms with Gasteiger partial charge in [-0.1, -0.05) is 0 Å². The number of nitrogens with one attached hydrogen (secondary N) is 1. The molecule has 2 aromatic rings. The van der Waals surface area contributed by atoms with Crippen LogP contribution in [0.5, 0.6) is 0 Å². The second-order valence-corrected chi connectivity index (χ2v) is 4.40. The third-order valence-corrected chi connectivity index (χ3v) is 3.04. The number of nitrogens with zero attached hydrogens (tertiary/aromatic N) is 2. The van der Waals surface area contributed by atoms with Gasteiger partial charge in [0.2, 0.25) is 5.91 Å². The van der Waals surface area contributed by atoms with Crippen molar-refractivity contribution in [2.45, 2.75) is 20.4 Å². The monoisotopic (exact) mass is 259 g/mol. The number of carbonyl (C=O) groups excluding carboxylic acids is 1. The van der Waals surface area contributed by atoms with Crippen LogP contribution in [0.2, 0.25) is 0 Å². The van der Waals surface area contributed by atoms with Crippen molar-refractivity contribution in [3.63, 3.8) is 0 Å². The highest BCUT2D eigenvalue weighted by molar-refractivity contribution is 5.96. The third kappa shape index (κ3) is 3.13. The second-order valence-electron chi connectivity index (χ2n) is 4.40. The number of carbonyl (C=O) groups is 1. The third-order valence-electron chi connectivity index (χ3n) is 3.04. The molecule has 2 aromatic heterocycles. The molecule has 0 aliphatic carbocycles. The summed E-state index contributed by atoms with van der Waals surface area (Å²) in [7, 11) is 1.88. The zero-order valence-electron chi connectivity index (χ0n) is 11.3. The largest absolute Gasteiger partial charge is 0.465 e. The van der Waals surface area contributed by atoms with Crippen LogP contribution in [0, 0.1) is 6.92 Å². The Morgan fingerprint density at radius 2 is 2.37 bits per heavy atom. The van der Waals surface area contributed by atoms with E-state index in [-0.39, 0.29) is 5.91 Å². The smallest absolute Gasteiger partial charge is 0.247 e. The van der Waals surface area contributed by atoms with Crippen LogP contribution >= 0.6 is 0 Å². The molecule has 2 heterocycles. The average molecular weight is 259 g/mol. The lowest BCUT2D eigenvalue weighted by Crippen LogP contribution is -2.23. The van der Waals surface area contributed by atoms with Crippen molar-refractivity contribution in [1.29, 1.82) is 0 Å². The lowest BCUT2D eigenvalue weighted by atomic mass is 10.2. The Labute approximate surface area is 111 Å². The van der Waals surface area contributed by atoms with Gasteiger partial charge in [0.1, 0.15) is 5.76 Å². The normalized spacial score (nSPS) is 11.6. The van der Waals surface area contributed by atoms with Gasteiger partial charge in [-0.25, -0.2) is 0 Å². The van der Waals surface area contributed by atoms with Crippen LogP contribution in [-0.2, 0) is 18.4 Å². The van der Waals surface area contributed by atoms with Crippen molar-refractivity contribution >= 4 is 12.0 Å². The topological polar surface area (TPSA) is 60.1 Å². The van der Waals surface area contributed by atoms with Gasteiger partial charge in [-0.3, -0.25) is 9.48 Å². The lowest BCUT2D eigenvalue weighted by Gasteiger charge is -2.05. The molecule has 0 radical (unpaired) electrons. The molecular formula is C14H17N3O2. The van der Waals surface area contributed by atoms with E-state index < -0.39 is 0 Å². The first-order chi connectivity index (χ1) is 9.08. The van der Waals surface area contributed by atoms with Gasteiger partial charge in [-0.15, -0.1) is 0 Å². The molecule has 1 N–H and O–H groups in total. The number of amides is 1. The van der Waals surface area contributed by atoms with Gasteiger partial charge in [0, 0.05) is 30.4 Å². The molecule has 0 saturated carbocycles. The number of rotatable bonds is 4. The Bertz CT molecular complexity index is 594. The molecule has 2 rings (SSSR count). The Morgan fingerprint density at radius 1 is 1.58 bits per heavy atom.